The highest BCUT2D eigenvalue weighted by molar-refractivity contribution is 5.90. The third-order valence-electron chi connectivity index (χ3n) is 5.65. The van der Waals surface area contributed by atoms with Gasteiger partial charge in [0.05, 0.1) is 0 Å². The van der Waals surface area contributed by atoms with Crippen molar-refractivity contribution in [3.63, 3.8) is 0 Å². The van der Waals surface area contributed by atoms with Gasteiger partial charge in [0.1, 0.15) is 5.60 Å². The highest BCUT2D eigenvalue weighted by Gasteiger charge is 2.71. The lowest BCUT2D eigenvalue weighted by Crippen LogP contribution is -2.63. The van der Waals surface area contributed by atoms with Crippen LogP contribution in [0.2, 0.25) is 0 Å². The molecule has 3 aliphatic heterocycles. The first-order valence-corrected chi connectivity index (χ1v) is 7.24. The van der Waals surface area contributed by atoms with Crippen LogP contribution in [-0.4, -0.2) is 23.6 Å². The molecule has 1 saturated carbocycles. The van der Waals surface area contributed by atoms with Gasteiger partial charge in [-0.25, -0.2) is 4.79 Å². The van der Waals surface area contributed by atoms with Crippen LogP contribution in [0.5, 0.6) is 0 Å². The summed E-state index contributed by atoms with van der Waals surface area (Å²) in [7, 11) is 0. The molecule has 1 spiro atoms. The van der Waals surface area contributed by atoms with Gasteiger partial charge in [-0.1, -0.05) is 13.5 Å². The minimum absolute atomic E-state index is 0.0575. The summed E-state index contributed by atoms with van der Waals surface area (Å²) in [6.45, 7) is 8.19. The second kappa shape index (κ2) is 3.41. The smallest absolute Gasteiger partial charge is 0.336 e. The summed E-state index contributed by atoms with van der Waals surface area (Å²) in [5.74, 6) is 0.128. The quantitative estimate of drug-likeness (QED) is 0.498. The maximum Gasteiger partial charge on any atom is 0.336 e. The van der Waals surface area contributed by atoms with Crippen LogP contribution in [0.25, 0.3) is 0 Å². The normalized spacial score (nSPS) is 55.7. The molecule has 0 unspecified atom stereocenters. The Morgan fingerprint density at radius 3 is 2.89 bits per heavy atom. The first-order chi connectivity index (χ1) is 8.96. The number of fused-ring (bicyclic) bond motifs is 1. The average Bonchev–Trinajstić information content (AvgIpc) is 2.56. The van der Waals surface area contributed by atoms with Gasteiger partial charge >= 0.3 is 5.97 Å². The van der Waals surface area contributed by atoms with Crippen molar-refractivity contribution >= 4 is 5.97 Å². The van der Waals surface area contributed by atoms with Crippen molar-refractivity contribution in [1.29, 1.82) is 0 Å². The molecule has 6 atom stereocenters. The van der Waals surface area contributed by atoms with Crippen molar-refractivity contribution < 1.29 is 19.0 Å². The molecule has 0 aromatic carbocycles. The molecule has 4 aliphatic rings. The Kier molecular flexibility index (Phi) is 2.14. The second-order valence-corrected chi connectivity index (χ2v) is 6.72. The molecule has 3 saturated heterocycles. The minimum Gasteiger partial charge on any atom is -0.429 e. The van der Waals surface area contributed by atoms with Gasteiger partial charge in [0.2, 0.25) is 6.29 Å². The number of ether oxygens (including phenoxy) is 3. The van der Waals surface area contributed by atoms with Crippen molar-refractivity contribution in [3.05, 3.63) is 12.2 Å². The van der Waals surface area contributed by atoms with Crippen LogP contribution in [0.15, 0.2) is 12.2 Å². The van der Waals surface area contributed by atoms with Crippen molar-refractivity contribution in [2.24, 2.45) is 17.8 Å². The Hall–Kier alpha value is -0.870. The van der Waals surface area contributed by atoms with Crippen molar-refractivity contribution in [2.45, 2.75) is 57.2 Å². The molecule has 4 heteroatoms. The summed E-state index contributed by atoms with van der Waals surface area (Å²) in [6, 6.07) is 0. The van der Waals surface area contributed by atoms with Crippen LogP contribution < -0.4 is 0 Å². The molecule has 0 aromatic rings. The third-order valence-corrected chi connectivity index (χ3v) is 5.65. The predicted octanol–water partition coefficient (Wildman–Crippen LogP) is 2.38. The largest absolute Gasteiger partial charge is 0.429 e. The van der Waals surface area contributed by atoms with E-state index in [0.29, 0.717) is 17.4 Å². The lowest BCUT2D eigenvalue weighted by atomic mass is 9.58. The minimum atomic E-state index is -0.596. The molecule has 1 aliphatic carbocycles. The van der Waals surface area contributed by atoms with Crippen LogP contribution in [0.1, 0.15) is 39.5 Å². The monoisotopic (exact) mass is 264 g/mol. The first kappa shape index (κ1) is 11.9. The van der Waals surface area contributed by atoms with Crippen molar-refractivity contribution in [2.75, 3.05) is 0 Å². The van der Waals surface area contributed by atoms with Crippen molar-refractivity contribution in [3.8, 4) is 0 Å². The predicted molar refractivity (Wildman–Crippen MR) is 66.9 cm³/mol. The van der Waals surface area contributed by atoms with E-state index in [4.69, 9.17) is 14.2 Å². The van der Waals surface area contributed by atoms with E-state index in [2.05, 4.69) is 13.5 Å². The van der Waals surface area contributed by atoms with Crippen LogP contribution in [-0.2, 0) is 19.0 Å². The first-order valence-electron chi connectivity index (χ1n) is 7.24. The molecular formula is C15H20O4. The summed E-state index contributed by atoms with van der Waals surface area (Å²) in [4.78, 5) is 12.0. The Bertz CT molecular complexity index is 473. The van der Waals surface area contributed by atoms with Gasteiger partial charge in [0, 0.05) is 17.9 Å². The molecule has 4 rings (SSSR count). The lowest BCUT2D eigenvalue weighted by Gasteiger charge is -2.54. The maximum absolute atomic E-state index is 12.0. The van der Waals surface area contributed by atoms with Crippen molar-refractivity contribution in [1.82, 2.24) is 0 Å². The summed E-state index contributed by atoms with van der Waals surface area (Å²) in [5, 5.41) is 0. The Balaban J connectivity index is 1.86. The SMILES string of the molecule is C=C1C(=O)O[C@@H]2O[C@@]3(C)CC[C@H]4[C@H](C)CC[C@@H]1[C@@]24O3. The molecule has 19 heavy (non-hydrogen) atoms. The molecule has 2 bridgehead atoms. The second-order valence-electron chi connectivity index (χ2n) is 6.72. The fraction of sp³-hybridized carbons (Fsp3) is 0.800. The molecule has 104 valence electrons. The topological polar surface area (TPSA) is 44.8 Å². The molecule has 0 aromatic heterocycles. The van der Waals surface area contributed by atoms with Crippen LogP contribution >= 0.6 is 0 Å². The highest BCUT2D eigenvalue weighted by Crippen LogP contribution is 2.62. The number of carbonyl (C=O) groups excluding carboxylic acids is 1. The van der Waals surface area contributed by atoms with Crippen LogP contribution in [0, 0.1) is 17.8 Å². The fourth-order valence-electron chi connectivity index (χ4n) is 4.73. The summed E-state index contributed by atoms with van der Waals surface area (Å²) in [5.41, 5.74) is 0.0956. The van der Waals surface area contributed by atoms with E-state index in [-0.39, 0.29) is 11.9 Å². The zero-order valence-electron chi connectivity index (χ0n) is 11.5. The number of rotatable bonds is 0. The Morgan fingerprint density at radius 2 is 2.11 bits per heavy atom. The van der Waals surface area contributed by atoms with E-state index in [1.54, 1.807) is 0 Å². The van der Waals surface area contributed by atoms with Gasteiger partial charge in [-0.2, -0.15) is 0 Å². The van der Waals surface area contributed by atoms with Gasteiger partial charge in [-0.3, -0.25) is 0 Å². The van der Waals surface area contributed by atoms with Crippen LogP contribution in [0.3, 0.4) is 0 Å². The Labute approximate surface area is 113 Å². The fourth-order valence-corrected chi connectivity index (χ4v) is 4.73. The number of esters is 1. The summed E-state index contributed by atoms with van der Waals surface area (Å²) >= 11 is 0. The molecule has 0 N–H and O–H groups in total. The van der Waals surface area contributed by atoms with Gasteiger partial charge in [-0.15, -0.1) is 0 Å². The van der Waals surface area contributed by atoms with E-state index in [1.807, 2.05) is 6.92 Å². The molecular weight excluding hydrogens is 244 g/mol. The van der Waals surface area contributed by atoms with E-state index in [1.165, 1.54) is 0 Å². The van der Waals surface area contributed by atoms with Crippen LogP contribution in [0.4, 0.5) is 0 Å². The standard InChI is InChI=1S/C15H20O4/c1-8-4-5-11-9(2)12(16)17-13-15(11)10(8)6-7-14(3,18-13)19-15/h8,10-11,13H,2,4-7H2,1,3H3/t8-,10+,11+,13-,14-,15-/m1/s1. The van der Waals surface area contributed by atoms with E-state index in [0.717, 1.165) is 25.7 Å². The average molecular weight is 264 g/mol. The van der Waals surface area contributed by atoms with E-state index < -0.39 is 17.7 Å². The zero-order chi connectivity index (χ0) is 13.4. The Morgan fingerprint density at radius 1 is 1.32 bits per heavy atom. The zero-order valence-corrected chi connectivity index (χ0v) is 11.5. The third kappa shape index (κ3) is 1.29. The van der Waals surface area contributed by atoms with E-state index in [9.17, 15) is 4.79 Å². The molecule has 0 radical (unpaired) electrons. The lowest BCUT2D eigenvalue weighted by molar-refractivity contribution is -0.245. The van der Waals surface area contributed by atoms with Gasteiger partial charge in [0.25, 0.3) is 0 Å². The van der Waals surface area contributed by atoms with Gasteiger partial charge < -0.3 is 14.2 Å². The molecule has 4 nitrogen and oxygen atoms in total. The highest BCUT2D eigenvalue weighted by atomic mass is 16.8. The molecule has 0 amide bonds. The molecule has 3 heterocycles. The number of hydrogen-bond acceptors (Lipinski definition) is 4. The van der Waals surface area contributed by atoms with Gasteiger partial charge in [-0.05, 0) is 38.0 Å². The summed E-state index contributed by atoms with van der Waals surface area (Å²) in [6.07, 6.45) is 3.47. The van der Waals surface area contributed by atoms with Gasteiger partial charge in [0.15, 0.2) is 5.79 Å². The number of hydrogen-bond donors (Lipinski definition) is 0. The number of carbonyl (C=O) groups is 1. The van der Waals surface area contributed by atoms with E-state index >= 15 is 0 Å². The summed E-state index contributed by atoms with van der Waals surface area (Å²) < 4.78 is 17.8. The maximum atomic E-state index is 12.0. The molecule has 4 fully saturated rings.